The van der Waals surface area contributed by atoms with Gasteiger partial charge in [-0.1, -0.05) is 6.92 Å². The van der Waals surface area contributed by atoms with Crippen molar-refractivity contribution in [1.82, 2.24) is 20.0 Å². The lowest BCUT2D eigenvalue weighted by molar-refractivity contribution is -0.145. The Morgan fingerprint density at radius 1 is 1.52 bits per heavy atom. The first kappa shape index (κ1) is 15.3. The van der Waals surface area contributed by atoms with Gasteiger partial charge >= 0.3 is 12.0 Å². The predicted octanol–water partition coefficient (Wildman–Crippen LogP) is 0.857. The number of urea groups is 1. The van der Waals surface area contributed by atoms with Crippen LogP contribution in [-0.2, 0) is 18.3 Å². The number of carboxylic acid groups (broad SMARTS) is 1. The second kappa shape index (κ2) is 6.60. The Morgan fingerprint density at radius 2 is 2.29 bits per heavy atom. The Balaban J connectivity index is 1.89. The number of amides is 2. The largest absolute Gasteiger partial charge is 0.480 e. The van der Waals surface area contributed by atoms with Gasteiger partial charge in [0.15, 0.2) is 0 Å². The van der Waals surface area contributed by atoms with E-state index < -0.39 is 12.0 Å². The molecule has 0 radical (unpaired) electrons. The number of carboxylic acids is 1. The molecule has 0 bridgehead atoms. The summed E-state index contributed by atoms with van der Waals surface area (Å²) in [6.07, 6.45) is 4.07. The van der Waals surface area contributed by atoms with Crippen molar-refractivity contribution in [3.8, 4) is 0 Å². The number of carbonyl (C=O) groups is 2. The number of hydrogen-bond acceptors (Lipinski definition) is 3. The molecule has 1 saturated heterocycles. The van der Waals surface area contributed by atoms with Gasteiger partial charge in [0, 0.05) is 38.4 Å². The average molecular weight is 294 g/mol. The van der Waals surface area contributed by atoms with Gasteiger partial charge in [-0.15, -0.1) is 0 Å². The van der Waals surface area contributed by atoms with Gasteiger partial charge in [-0.2, -0.15) is 5.10 Å². The number of likely N-dealkylation sites (tertiary alicyclic amines) is 1. The van der Waals surface area contributed by atoms with Crippen LogP contribution in [0.2, 0.25) is 0 Å². The molecule has 2 heterocycles. The molecule has 0 aromatic carbocycles. The van der Waals surface area contributed by atoms with Gasteiger partial charge in [-0.3, -0.25) is 4.68 Å². The molecule has 116 valence electrons. The molecule has 1 fully saturated rings. The zero-order chi connectivity index (χ0) is 15.4. The predicted molar refractivity (Wildman–Crippen MR) is 76.8 cm³/mol. The lowest BCUT2D eigenvalue weighted by Gasteiger charge is -2.37. The summed E-state index contributed by atoms with van der Waals surface area (Å²) in [6, 6.07) is 0.876. The molecule has 1 aromatic rings. The number of nitrogens with zero attached hydrogens (tertiary/aromatic N) is 3. The first-order valence-corrected chi connectivity index (χ1v) is 7.25. The normalized spacial score (nSPS) is 22.1. The highest BCUT2D eigenvalue weighted by Gasteiger charge is 2.36. The van der Waals surface area contributed by atoms with E-state index in [1.54, 1.807) is 10.9 Å². The third-order valence-electron chi connectivity index (χ3n) is 4.03. The number of aromatic nitrogens is 2. The fourth-order valence-corrected chi connectivity index (χ4v) is 2.84. The molecule has 1 aliphatic heterocycles. The van der Waals surface area contributed by atoms with E-state index in [0.717, 1.165) is 18.5 Å². The Morgan fingerprint density at radius 3 is 2.90 bits per heavy atom. The van der Waals surface area contributed by atoms with Crippen LogP contribution in [0.4, 0.5) is 4.79 Å². The first-order chi connectivity index (χ1) is 10.0. The topological polar surface area (TPSA) is 87.5 Å². The van der Waals surface area contributed by atoms with Crippen LogP contribution in [0.25, 0.3) is 0 Å². The van der Waals surface area contributed by atoms with E-state index in [1.165, 1.54) is 4.90 Å². The standard InChI is InChI=1S/C14H22N4O3/c1-10-4-3-9-18(12(10)13(19)20)14(21)15-7-5-11-6-8-16-17(11)2/h6,8,10,12H,3-5,7,9H2,1-2H3,(H,15,21)(H,19,20). The highest BCUT2D eigenvalue weighted by molar-refractivity contribution is 5.83. The molecule has 7 heteroatoms. The van der Waals surface area contributed by atoms with Crippen LogP contribution in [0.3, 0.4) is 0 Å². The van der Waals surface area contributed by atoms with E-state index in [-0.39, 0.29) is 11.9 Å². The van der Waals surface area contributed by atoms with Crippen molar-refractivity contribution in [2.75, 3.05) is 13.1 Å². The van der Waals surface area contributed by atoms with Crippen molar-refractivity contribution in [3.63, 3.8) is 0 Å². The summed E-state index contributed by atoms with van der Waals surface area (Å²) in [4.78, 5) is 25.0. The maximum absolute atomic E-state index is 12.2. The maximum Gasteiger partial charge on any atom is 0.326 e. The molecule has 0 spiro atoms. The summed E-state index contributed by atoms with van der Waals surface area (Å²) < 4.78 is 1.76. The van der Waals surface area contributed by atoms with Crippen molar-refractivity contribution in [2.24, 2.45) is 13.0 Å². The van der Waals surface area contributed by atoms with E-state index in [1.807, 2.05) is 20.0 Å². The molecule has 1 aliphatic rings. The van der Waals surface area contributed by atoms with Crippen molar-refractivity contribution in [1.29, 1.82) is 0 Å². The second-order valence-electron chi connectivity index (χ2n) is 5.52. The van der Waals surface area contributed by atoms with E-state index in [0.29, 0.717) is 19.5 Å². The van der Waals surface area contributed by atoms with Crippen LogP contribution in [0.1, 0.15) is 25.5 Å². The summed E-state index contributed by atoms with van der Waals surface area (Å²) in [5.41, 5.74) is 1.03. The van der Waals surface area contributed by atoms with Crippen LogP contribution >= 0.6 is 0 Å². The van der Waals surface area contributed by atoms with Crippen LogP contribution in [0, 0.1) is 5.92 Å². The summed E-state index contributed by atoms with van der Waals surface area (Å²) in [5.74, 6) is -0.942. The molecular weight excluding hydrogens is 272 g/mol. The fraction of sp³-hybridized carbons (Fsp3) is 0.643. The molecule has 2 unspecified atom stereocenters. The van der Waals surface area contributed by atoms with Gasteiger partial charge in [-0.05, 0) is 24.8 Å². The lowest BCUT2D eigenvalue weighted by atomic mass is 9.91. The van der Waals surface area contributed by atoms with Gasteiger partial charge in [0.2, 0.25) is 0 Å². The van der Waals surface area contributed by atoms with Crippen molar-refractivity contribution >= 4 is 12.0 Å². The van der Waals surface area contributed by atoms with Gasteiger partial charge in [0.25, 0.3) is 0 Å². The Hall–Kier alpha value is -2.05. The maximum atomic E-state index is 12.2. The third kappa shape index (κ3) is 3.53. The van der Waals surface area contributed by atoms with Crippen molar-refractivity contribution < 1.29 is 14.7 Å². The Kier molecular flexibility index (Phi) is 4.82. The molecule has 21 heavy (non-hydrogen) atoms. The lowest BCUT2D eigenvalue weighted by Crippen LogP contribution is -2.55. The van der Waals surface area contributed by atoms with Crippen molar-refractivity contribution in [2.45, 2.75) is 32.2 Å². The number of carbonyl (C=O) groups excluding carboxylic acids is 1. The summed E-state index contributed by atoms with van der Waals surface area (Å²) in [5, 5.41) is 16.2. The van der Waals surface area contributed by atoms with E-state index in [2.05, 4.69) is 10.4 Å². The molecule has 2 rings (SSSR count). The Bertz CT molecular complexity index is 514. The molecule has 2 atom stereocenters. The van der Waals surface area contributed by atoms with Gasteiger partial charge in [0.1, 0.15) is 6.04 Å². The van der Waals surface area contributed by atoms with Gasteiger partial charge in [0.05, 0.1) is 0 Å². The SMILES string of the molecule is CC1CCCN(C(=O)NCCc2ccnn2C)C1C(=O)O. The summed E-state index contributed by atoms with van der Waals surface area (Å²) >= 11 is 0. The van der Waals surface area contributed by atoms with E-state index in [9.17, 15) is 14.7 Å². The van der Waals surface area contributed by atoms with Crippen LogP contribution in [-0.4, -0.2) is 50.9 Å². The number of nitrogens with one attached hydrogen (secondary N) is 1. The number of aryl methyl sites for hydroxylation is 1. The Labute approximate surface area is 123 Å². The fourth-order valence-electron chi connectivity index (χ4n) is 2.84. The number of piperidine rings is 1. The van der Waals surface area contributed by atoms with Crippen LogP contribution < -0.4 is 5.32 Å². The molecule has 0 aliphatic carbocycles. The van der Waals surface area contributed by atoms with Gasteiger partial charge < -0.3 is 15.3 Å². The zero-order valence-corrected chi connectivity index (χ0v) is 12.5. The average Bonchev–Trinajstić information content (AvgIpc) is 2.83. The zero-order valence-electron chi connectivity index (χ0n) is 12.5. The minimum Gasteiger partial charge on any atom is -0.480 e. The van der Waals surface area contributed by atoms with Gasteiger partial charge in [-0.25, -0.2) is 9.59 Å². The molecule has 1 aromatic heterocycles. The molecule has 7 nitrogen and oxygen atoms in total. The molecular formula is C14H22N4O3. The quantitative estimate of drug-likeness (QED) is 0.862. The van der Waals surface area contributed by atoms with Crippen LogP contribution in [0.15, 0.2) is 12.3 Å². The van der Waals surface area contributed by atoms with E-state index in [4.69, 9.17) is 0 Å². The molecule has 2 N–H and O–H groups in total. The smallest absolute Gasteiger partial charge is 0.326 e. The summed E-state index contributed by atoms with van der Waals surface area (Å²) in [6.45, 7) is 2.85. The first-order valence-electron chi connectivity index (χ1n) is 7.25. The highest BCUT2D eigenvalue weighted by Crippen LogP contribution is 2.23. The monoisotopic (exact) mass is 294 g/mol. The minimum absolute atomic E-state index is 0.0147. The number of aliphatic carboxylic acids is 1. The van der Waals surface area contributed by atoms with E-state index >= 15 is 0 Å². The summed E-state index contributed by atoms with van der Waals surface area (Å²) in [7, 11) is 1.85. The third-order valence-corrected chi connectivity index (χ3v) is 4.03. The number of rotatable bonds is 4. The molecule has 0 saturated carbocycles. The van der Waals surface area contributed by atoms with Crippen molar-refractivity contribution in [3.05, 3.63) is 18.0 Å². The van der Waals surface area contributed by atoms with Crippen LogP contribution in [0.5, 0.6) is 0 Å². The minimum atomic E-state index is -0.927. The highest BCUT2D eigenvalue weighted by atomic mass is 16.4. The molecule has 2 amide bonds. The second-order valence-corrected chi connectivity index (χ2v) is 5.52. The number of hydrogen-bond donors (Lipinski definition) is 2.